The number of hydrogen-bond acceptors (Lipinski definition) is 5. The van der Waals surface area contributed by atoms with Gasteiger partial charge in [-0.15, -0.1) is 0 Å². The Bertz CT molecular complexity index is 803. The molecule has 0 spiro atoms. The van der Waals surface area contributed by atoms with Gasteiger partial charge in [0.1, 0.15) is 5.82 Å². The second-order valence-corrected chi connectivity index (χ2v) is 7.72. The monoisotopic (exact) mass is 387 g/mol. The lowest BCUT2D eigenvalue weighted by molar-refractivity contribution is -0.120. The normalized spacial score (nSPS) is 19.4. The van der Waals surface area contributed by atoms with Crippen LogP contribution < -0.4 is 15.5 Å². The minimum absolute atomic E-state index is 0.0262. The smallest absolute Gasteiger partial charge is 0.227 e. The van der Waals surface area contributed by atoms with E-state index >= 15 is 0 Å². The first-order valence-electron chi connectivity index (χ1n) is 9.26. The van der Waals surface area contributed by atoms with Crippen LogP contribution in [-0.2, 0) is 4.79 Å². The van der Waals surface area contributed by atoms with Crippen molar-refractivity contribution in [2.75, 3.05) is 29.6 Å². The predicted octanol–water partition coefficient (Wildman–Crippen LogP) is 4.11. The van der Waals surface area contributed by atoms with E-state index in [0.29, 0.717) is 11.0 Å². The number of benzene rings is 1. The number of hydrogen-bond donors (Lipinski definition) is 2. The number of halogens is 1. The van der Waals surface area contributed by atoms with E-state index < -0.39 is 0 Å². The molecule has 2 N–H and O–H groups in total. The van der Waals surface area contributed by atoms with Crippen molar-refractivity contribution in [1.29, 1.82) is 0 Å². The van der Waals surface area contributed by atoms with Gasteiger partial charge in [-0.2, -0.15) is 4.98 Å². The van der Waals surface area contributed by atoms with E-state index in [2.05, 4.69) is 20.6 Å². The molecule has 1 saturated carbocycles. The summed E-state index contributed by atoms with van der Waals surface area (Å²) in [6.07, 6.45) is 5.37. The average molecular weight is 388 g/mol. The van der Waals surface area contributed by atoms with Gasteiger partial charge < -0.3 is 15.5 Å². The molecule has 144 valence electrons. The van der Waals surface area contributed by atoms with Crippen molar-refractivity contribution in [2.24, 2.45) is 5.92 Å². The predicted molar refractivity (Wildman–Crippen MR) is 111 cm³/mol. The topological polar surface area (TPSA) is 70.1 Å². The van der Waals surface area contributed by atoms with Crippen LogP contribution in [-0.4, -0.2) is 36.0 Å². The van der Waals surface area contributed by atoms with Gasteiger partial charge in [-0.25, -0.2) is 4.98 Å². The van der Waals surface area contributed by atoms with Crippen molar-refractivity contribution in [3.63, 3.8) is 0 Å². The summed E-state index contributed by atoms with van der Waals surface area (Å²) in [5.74, 6) is 1.66. The lowest BCUT2D eigenvalue weighted by Gasteiger charge is -2.28. The number of carbonyl (C=O) groups is 1. The molecule has 0 atom stereocenters. The first-order chi connectivity index (χ1) is 12.9. The Balaban J connectivity index is 1.53. The van der Waals surface area contributed by atoms with Crippen LogP contribution in [0.5, 0.6) is 0 Å². The molecule has 0 bridgehead atoms. The van der Waals surface area contributed by atoms with E-state index in [9.17, 15) is 4.79 Å². The molecule has 0 radical (unpaired) electrons. The van der Waals surface area contributed by atoms with Crippen LogP contribution >= 0.6 is 11.6 Å². The molecule has 0 aliphatic heterocycles. The molecule has 1 amide bonds. The third-order valence-corrected chi connectivity index (χ3v) is 5.13. The molecular formula is C20H26ClN5O. The quantitative estimate of drug-likeness (QED) is 0.807. The average Bonchev–Trinajstić information content (AvgIpc) is 2.63. The van der Waals surface area contributed by atoms with Crippen LogP contribution in [0.25, 0.3) is 0 Å². The van der Waals surface area contributed by atoms with Gasteiger partial charge in [0.2, 0.25) is 11.9 Å². The summed E-state index contributed by atoms with van der Waals surface area (Å²) in [7, 11) is 3.95. The van der Waals surface area contributed by atoms with Gasteiger partial charge in [0.25, 0.3) is 0 Å². The molecule has 0 unspecified atom stereocenters. The van der Waals surface area contributed by atoms with Gasteiger partial charge in [-0.3, -0.25) is 4.79 Å². The molecule has 1 aliphatic rings. The van der Waals surface area contributed by atoms with Crippen molar-refractivity contribution in [3.8, 4) is 0 Å². The Morgan fingerprint density at radius 2 is 1.96 bits per heavy atom. The zero-order chi connectivity index (χ0) is 19.4. The highest BCUT2D eigenvalue weighted by Crippen LogP contribution is 2.28. The maximum atomic E-state index is 12.5. The Hall–Kier alpha value is -2.34. The van der Waals surface area contributed by atoms with Crippen LogP contribution in [0, 0.1) is 12.8 Å². The molecule has 7 heteroatoms. The molecule has 6 nitrogen and oxygen atoms in total. The molecule has 1 aromatic heterocycles. The van der Waals surface area contributed by atoms with E-state index in [4.69, 9.17) is 11.6 Å². The van der Waals surface area contributed by atoms with Gasteiger partial charge in [0, 0.05) is 48.5 Å². The van der Waals surface area contributed by atoms with Crippen LogP contribution in [0.3, 0.4) is 0 Å². The zero-order valence-corrected chi connectivity index (χ0v) is 16.8. The number of aryl methyl sites for hydroxylation is 1. The molecule has 1 aliphatic carbocycles. The third-order valence-electron chi connectivity index (χ3n) is 4.89. The molecule has 1 fully saturated rings. The molecule has 1 aromatic carbocycles. The fourth-order valence-corrected chi connectivity index (χ4v) is 3.64. The number of aromatic nitrogens is 2. The number of nitrogens with zero attached hydrogens (tertiary/aromatic N) is 3. The van der Waals surface area contributed by atoms with Gasteiger partial charge in [0.15, 0.2) is 0 Å². The van der Waals surface area contributed by atoms with Gasteiger partial charge >= 0.3 is 0 Å². The summed E-state index contributed by atoms with van der Waals surface area (Å²) >= 11 is 5.98. The SMILES string of the molecule is Cc1cnc(NC2CCC(C(=O)Nc3cccc(Cl)c3)CC2)nc1N(C)C. The number of amides is 1. The minimum Gasteiger partial charge on any atom is -0.362 e. The zero-order valence-electron chi connectivity index (χ0n) is 16.0. The highest BCUT2D eigenvalue weighted by molar-refractivity contribution is 6.30. The van der Waals surface area contributed by atoms with E-state index in [1.54, 1.807) is 12.1 Å². The highest BCUT2D eigenvalue weighted by Gasteiger charge is 2.27. The van der Waals surface area contributed by atoms with Crippen molar-refractivity contribution >= 4 is 35.0 Å². The first-order valence-corrected chi connectivity index (χ1v) is 9.64. The molecule has 2 aromatic rings. The Labute approximate surface area is 165 Å². The summed E-state index contributed by atoms with van der Waals surface area (Å²) in [5, 5.41) is 7.01. The maximum absolute atomic E-state index is 12.5. The van der Waals surface area contributed by atoms with E-state index in [-0.39, 0.29) is 17.9 Å². The van der Waals surface area contributed by atoms with Crippen molar-refractivity contribution in [1.82, 2.24) is 9.97 Å². The van der Waals surface area contributed by atoms with Gasteiger partial charge in [-0.05, 0) is 50.8 Å². The fourth-order valence-electron chi connectivity index (χ4n) is 3.45. The maximum Gasteiger partial charge on any atom is 0.227 e. The molecule has 27 heavy (non-hydrogen) atoms. The summed E-state index contributed by atoms with van der Waals surface area (Å²) in [4.78, 5) is 23.5. The number of anilines is 3. The molecule has 3 rings (SSSR count). The molecule has 1 heterocycles. The van der Waals surface area contributed by atoms with Crippen LogP contribution in [0.4, 0.5) is 17.5 Å². The van der Waals surface area contributed by atoms with Crippen molar-refractivity contribution in [3.05, 3.63) is 41.0 Å². The lowest BCUT2D eigenvalue weighted by Crippen LogP contribution is -2.32. The number of rotatable bonds is 5. The molecule has 0 saturated heterocycles. The van der Waals surface area contributed by atoms with Crippen molar-refractivity contribution < 1.29 is 4.79 Å². The fraction of sp³-hybridized carbons (Fsp3) is 0.450. The van der Waals surface area contributed by atoms with E-state index in [1.807, 2.05) is 44.2 Å². The highest BCUT2D eigenvalue weighted by atomic mass is 35.5. The largest absolute Gasteiger partial charge is 0.362 e. The summed E-state index contributed by atoms with van der Waals surface area (Å²) < 4.78 is 0. The number of carbonyl (C=O) groups excluding carboxylic acids is 1. The second kappa shape index (κ2) is 8.57. The summed E-state index contributed by atoms with van der Waals surface area (Å²) in [5.41, 5.74) is 1.80. The first kappa shape index (κ1) is 19.4. The Morgan fingerprint density at radius 1 is 1.22 bits per heavy atom. The van der Waals surface area contributed by atoms with Crippen LogP contribution in [0.15, 0.2) is 30.5 Å². The van der Waals surface area contributed by atoms with Crippen molar-refractivity contribution in [2.45, 2.75) is 38.6 Å². The van der Waals surface area contributed by atoms with Crippen LogP contribution in [0.1, 0.15) is 31.2 Å². The van der Waals surface area contributed by atoms with Crippen LogP contribution in [0.2, 0.25) is 5.02 Å². The van der Waals surface area contributed by atoms with E-state index in [1.165, 1.54) is 0 Å². The lowest BCUT2D eigenvalue weighted by atomic mass is 9.85. The van der Waals surface area contributed by atoms with E-state index in [0.717, 1.165) is 42.8 Å². The Kier molecular flexibility index (Phi) is 6.16. The summed E-state index contributed by atoms with van der Waals surface area (Å²) in [6.45, 7) is 2.00. The summed E-state index contributed by atoms with van der Waals surface area (Å²) in [6, 6.07) is 7.54. The number of nitrogens with one attached hydrogen (secondary N) is 2. The van der Waals surface area contributed by atoms with Gasteiger partial charge in [-0.1, -0.05) is 17.7 Å². The second-order valence-electron chi connectivity index (χ2n) is 7.29. The van der Waals surface area contributed by atoms with Gasteiger partial charge in [0.05, 0.1) is 0 Å². The third kappa shape index (κ3) is 5.10. The molecular weight excluding hydrogens is 362 g/mol. The Morgan fingerprint density at radius 3 is 2.63 bits per heavy atom. The standard InChI is InChI=1S/C20H26ClN5O/c1-13-12-22-20(25-18(13)26(2)3)24-16-9-7-14(8-10-16)19(27)23-17-6-4-5-15(21)11-17/h4-6,11-12,14,16H,7-10H2,1-3H3,(H,23,27)(H,22,24,25). The minimum atomic E-state index is 0.0262.